The average Bonchev–Trinajstić information content (AvgIpc) is 2.50. The highest BCUT2D eigenvalue weighted by atomic mass is 35.5. The van der Waals surface area contributed by atoms with Crippen LogP contribution >= 0.6 is 11.6 Å². The van der Waals surface area contributed by atoms with E-state index in [0.29, 0.717) is 5.15 Å². The van der Waals surface area contributed by atoms with Gasteiger partial charge in [0, 0.05) is 31.6 Å². The molecule has 0 bridgehead atoms. The Bertz CT molecular complexity index is 469. The molecule has 1 atom stereocenters. The molecule has 2 heterocycles. The number of halogens is 1. The lowest BCUT2D eigenvalue weighted by Crippen LogP contribution is -2.45. The maximum Gasteiger partial charge on any atom is 0.137 e. The van der Waals surface area contributed by atoms with Crippen LogP contribution in [0.15, 0.2) is 0 Å². The number of morpholine rings is 1. The van der Waals surface area contributed by atoms with Gasteiger partial charge >= 0.3 is 0 Å². The number of aryl methyl sites for hydroxylation is 1. The molecule has 5 nitrogen and oxygen atoms in total. The summed E-state index contributed by atoms with van der Waals surface area (Å²) in [5.74, 6) is 1.63. The lowest BCUT2D eigenvalue weighted by Gasteiger charge is -2.32. The van der Waals surface area contributed by atoms with E-state index < -0.39 is 0 Å². The monoisotopic (exact) mass is 312 g/mol. The first-order valence-corrected chi connectivity index (χ1v) is 8.12. The van der Waals surface area contributed by atoms with Gasteiger partial charge in [0.05, 0.1) is 12.7 Å². The van der Waals surface area contributed by atoms with E-state index in [1.54, 1.807) is 0 Å². The molecule has 1 saturated heterocycles. The summed E-state index contributed by atoms with van der Waals surface area (Å²) in [5.41, 5.74) is 0.902. The molecule has 1 aliphatic heterocycles. The van der Waals surface area contributed by atoms with Crippen molar-refractivity contribution in [3.8, 4) is 0 Å². The Labute approximate surface area is 132 Å². The number of nitrogens with one attached hydrogen (secondary N) is 1. The molecular weight excluding hydrogens is 288 g/mol. The molecule has 1 fully saturated rings. The Balaban J connectivity index is 1.98. The van der Waals surface area contributed by atoms with Gasteiger partial charge in [0.25, 0.3) is 0 Å². The van der Waals surface area contributed by atoms with Gasteiger partial charge in [-0.05, 0) is 19.9 Å². The molecule has 1 N–H and O–H groups in total. The van der Waals surface area contributed by atoms with Crippen molar-refractivity contribution in [2.75, 3.05) is 38.1 Å². The SMILES string of the molecule is CCCc1nc(Cl)c(C)c(NCC2CN(CC)CCO2)n1. The van der Waals surface area contributed by atoms with E-state index in [1.807, 2.05) is 6.92 Å². The maximum atomic E-state index is 6.19. The fourth-order valence-corrected chi connectivity index (χ4v) is 2.63. The van der Waals surface area contributed by atoms with Crippen LogP contribution in [0.3, 0.4) is 0 Å². The highest BCUT2D eigenvalue weighted by Gasteiger charge is 2.19. The summed E-state index contributed by atoms with van der Waals surface area (Å²) in [5, 5.41) is 3.92. The second-order valence-corrected chi connectivity index (χ2v) is 5.78. The Kier molecular flexibility index (Phi) is 6.21. The van der Waals surface area contributed by atoms with Gasteiger partial charge in [-0.15, -0.1) is 0 Å². The Morgan fingerprint density at radius 1 is 1.38 bits per heavy atom. The lowest BCUT2D eigenvalue weighted by molar-refractivity contribution is -0.0192. The number of nitrogens with zero attached hydrogens (tertiary/aromatic N) is 3. The maximum absolute atomic E-state index is 6.19. The summed E-state index contributed by atoms with van der Waals surface area (Å²) in [7, 11) is 0. The van der Waals surface area contributed by atoms with E-state index in [-0.39, 0.29) is 6.10 Å². The second kappa shape index (κ2) is 7.92. The third-order valence-electron chi connectivity index (χ3n) is 3.77. The largest absolute Gasteiger partial charge is 0.374 e. The number of ether oxygens (including phenoxy) is 1. The molecule has 2 rings (SSSR count). The van der Waals surface area contributed by atoms with Crippen LogP contribution in [0.2, 0.25) is 5.15 Å². The van der Waals surface area contributed by atoms with E-state index in [2.05, 4.69) is 34.0 Å². The molecule has 6 heteroatoms. The third kappa shape index (κ3) is 4.53. The van der Waals surface area contributed by atoms with Crippen LogP contribution in [0.5, 0.6) is 0 Å². The van der Waals surface area contributed by atoms with Crippen LogP contribution in [0.4, 0.5) is 5.82 Å². The molecule has 1 aliphatic rings. The zero-order valence-corrected chi connectivity index (χ0v) is 13.9. The number of likely N-dealkylation sites (N-methyl/N-ethyl adjacent to an activating group) is 1. The number of hydrogen-bond donors (Lipinski definition) is 1. The van der Waals surface area contributed by atoms with E-state index in [9.17, 15) is 0 Å². The van der Waals surface area contributed by atoms with Gasteiger partial charge in [0.1, 0.15) is 16.8 Å². The Morgan fingerprint density at radius 2 is 2.19 bits per heavy atom. The minimum atomic E-state index is 0.196. The highest BCUT2D eigenvalue weighted by molar-refractivity contribution is 6.30. The molecule has 1 unspecified atom stereocenters. The lowest BCUT2D eigenvalue weighted by atomic mass is 10.2. The van der Waals surface area contributed by atoms with Crippen molar-refractivity contribution in [3.05, 3.63) is 16.5 Å². The molecule has 0 saturated carbocycles. The zero-order chi connectivity index (χ0) is 15.2. The number of aromatic nitrogens is 2. The van der Waals surface area contributed by atoms with Crippen molar-refractivity contribution in [2.45, 2.75) is 39.7 Å². The van der Waals surface area contributed by atoms with Crippen LogP contribution in [0.1, 0.15) is 31.7 Å². The minimum Gasteiger partial charge on any atom is -0.374 e. The summed E-state index contributed by atoms with van der Waals surface area (Å²) in [4.78, 5) is 11.3. The van der Waals surface area contributed by atoms with Crippen LogP contribution in [0.25, 0.3) is 0 Å². The quantitative estimate of drug-likeness (QED) is 0.818. The molecule has 1 aromatic rings. The Hall–Kier alpha value is -0.910. The van der Waals surface area contributed by atoms with Crippen molar-refractivity contribution >= 4 is 17.4 Å². The predicted molar refractivity (Wildman–Crippen MR) is 86.1 cm³/mol. The van der Waals surface area contributed by atoms with Crippen LogP contribution in [-0.2, 0) is 11.2 Å². The first kappa shape index (κ1) is 16.5. The molecule has 0 amide bonds. The summed E-state index contributed by atoms with van der Waals surface area (Å²) in [6.45, 7) is 10.8. The van der Waals surface area contributed by atoms with Gasteiger partial charge in [-0.1, -0.05) is 25.4 Å². The smallest absolute Gasteiger partial charge is 0.137 e. The van der Waals surface area contributed by atoms with Gasteiger partial charge in [-0.3, -0.25) is 4.90 Å². The standard InChI is InChI=1S/C15H25ClN4O/c1-4-6-13-18-14(16)11(3)15(19-13)17-9-12-10-20(5-2)7-8-21-12/h12H,4-10H2,1-3H3,(H,17,18,19). The first-order valence-electron chi connectivity index (χ1n) is 7.74. The number of hydrogen-bond acceptors (Lipinski definition) is 5. The molecule has 0 radical (unpaired) electrons. The molecule has 21 heavy (non-hydrogen) atoms. The van der Waals surface area contributed by atoms with Crippen LogP contribution in [-0.4, -0.2) is 53.8 Å². The summed E-state index contributed by atoms with van der Waals surface area (Å²) >= 11 is 6.19. The van der Waals surface area contributed by atoms with Gasteiger partial charge in [-0.25, -0.2) is 9.97 Å². The average molecular weight is 313 g/mol. The normalized spacial score (nSPS) is 19.7. The molecule has 0 spiro atoms. The highest BCUT2D eigenvalue weighted by Crippen LogP contribution is 2.20. The molecule has 118 valence electrons. The van der Waals surface area contributed by atoms with Crippen LogP contribution < -0.4 is 5.32 Å². The molecule has 0 aromatic carbocycles. The molecule has 0 aliphatic carbocycles. The van der Waals surface area contributed by atoms with Crippen molar-refractivity contribution in [3.63, 3.8) is 0 Å². The zero-order valence-electron chi connectivity index (χ0n) is 13.2. The first-order chi connectivity index (χ1) is 10.1. The van der Waals surface area contributed by atoms with Gasteiger partial charge in [-0.2, -0.15) is 0 Å². The van der Waals surface area contributed by atoms with E-state index in [0.717, 1.165) is 62.8 Å². The molecule has 1 aromatic heterocycles. The minimum absolute atomic E-state index is 0.196. The second-order valence-electron chi connectivity index (χ2n) is 5.42. The predicted octanol–water partition coefficient (Wildman–Crippen LogP) is 2.52. The Morgan fingerprint density at radius 3 is 2.90 bits per heavy atom. The van der Waals surface area contributed by atoms with Crippen molar-refractivity contribution in [2.24, 2.45) is 0 Å². The third-order valence-corrected chi connectivity index (χ3v) is 4.14. The van der Waals surface area contributed by atoms with Crippen molar-refractivity contribution in [1.82, 2.24) is 14.9 Å². The molecular formula is C15H25ClN4O. The van der Waals surface area contributed by atoms with E-state index in [4.69, 9.17) is 16.3 Å². The van der Waals surface area contributed by atoms with Gasteiger partial charge in [0.15, 0.2) is 0 Å². The van der Waals surface area contributed by atoms with Gasteiger partial charge < -0.3 is 10.1 Å². The number of anilines is 1. The van der Waals surface area contributed by atoms with Gasteiger partial charge in [0.2, 0.25) is 0 Å². The van der Waals surface area contributed by atoms with E-state index in [1.165, 1.54) is 0 Å². The van der Waals surface area contributed by atoms with Crippen molar-refractivity contribution in [1.29, 1.82) is 0 Å². The van der Waals surface area contributed by atoms with Crippen molar-refractivity contribution < 1.29 is 4.74 Å². The fraction of sp³-hybridized carbons (Fsp3) is 0.733. The van der Waals surface area contributed by atoms with Crippen LogP contribution in [0, 0.1) is 6.92 Å². The summed E-state index contributed by atoms with van der Waals surface area (Å²) in [6, 6.07) is 0. The fourth-order valence-electron chi connectivity index (χ4n) is 2.44. The number of rotatable bonds is 6. The summed E-state index contributed by atoms with van der Waals surface area (Å²) in [6.07, 6.45) is 2.05. The van der Waals surface area contributed by atoms with E-state index >= 15 is 0 Å². The summed E-state index contributed by atoms with van der Waals surface area (Å²) < 4.78 is 5.80. The topological polar surface area (TPSA) is 50.3 Å².